The molecule has 0 radical (unpaired) electrons. The Bertz CT molecular complexity index is 449. The number of ketones is 1. The number of Topliss-reactive ketones (excluding diaryl/α,β-unsaturated/α-hetero) is 1. The summed E-state index contributed by atoms with van der Waals surface area (Å²) in [5, 5.41) is 9.76. The lowest BCUT2D eigenvalue weighted by molar-refractivity contribution is -0.133. The fourth-order valence-electron chi connectivity index (χ4n) is 1.99. The van der Waals surface area contributed by atoms with Crippen LogP contribution in [0.3, 0.4) is 0 Å². The van der Waals surface area contributed by atoms with Gasteiger partial charge in [0.15, 0.2) is 5.78 Å². The number of rotatable bonds is 7. The van der Waals surface area contributed by atoms with Gasteiger partial charge in [0.25, 0.3) is 0 Å². The third-order valence-electron chi connectivity index (χ3n) is 2.97. The van der Waals surface area contributed by atoms with Gasteiger partial charge >= 0.3 is 0 Å². The molecule has 1 rings (SSSR count). The lowest BCUT2D eigenvalue weighted by atomic mass is 10.1. The highest BCUT2D eigenvalue weighted by Crippen LogP contribution is 2.10. The number of nitrogens with zero attached hydrogens (tertiary/aromatic N) is 1. The van der Waals surface area contributed by atoms with Crippen LogP contribution in [0.5, 0.6) is 0 Å². The molecule has 0 saturated heterocycles. The van der Waals surface area contributed by atoms with Crippen molar-refractivity contribution in [2.45, 2.75) is 39.2 Å². The molecular formula is C16H23NO3. The van der Waals surface area contributed by atoms with Crippen LogP contribution >= 0.6 is 0 Å². The Morgan fingerprint density at radius 2 is 1.75 bits per heavy atom. The second kappa shape index (κ2) is 7.20. The molecule has 0 aromatic heterocycles. The van der Waals surface area contributed by atoms with Crippen molar-refractivity contribution >= 4 is 11.7 Å². The van der Waals surface area contributed by atoms with E-state index in [4.69, 9.17) is 0 Å². The zero-order chi connectivity index (χ0) is 15.2. The summed E-state index contributed by atoms with van der Waals surface area (Å²) >= 11 is 0. The lowest BCUT2D eigenvalue weighted by Gasteiger charge is -2.28. The minimum Gasteiger partial charge on any atom is -0.389 e. The average molecular weight is 277 g/mol. The van der Waals surface area contributed by atoms with Gasteiger partial charge in [0.2, 0.25) is 5.91 Å². The van der Waals surface area contributed by atoms with Crippen molar-refractivity contribution in [3.63, 3.8) is 0 Å². The molecule has 110 valence electrons. The summed E-state index contributed by atoms with van der Waals surface area (Å²) in [4.78, 5) is 25.6. The summed E-state index contributed by atoms with van der Waals surface area (Å²) in [5.41, 5.74) is -0.291. The number of amides is 1. The normalized spacial score (nSPS) is 11.2. The number of likely N-dealkylation sites (N-methyl/N-ethyl adjacent to an activating group) is 1. The van der Waals surface area contributed by atoms with Crippen LogP contribution in [0.4, 0.5) is 0 Å². The molecule has 1 aromatic rings. The van der Waals surface area contributed by atoms with Crippen LogP contribution in [-0.2, 0) is 4.79 Å². The van der Waals surface area contributed by atoms with Crippen molar-refractivity contribution in [1.82, 2.24) is 4.90 Å². The zero-order valence-corrected chi connectivity index (χ0v) is 12.4. The van der Waals surface area contributed by atoms with E-state index < -0.39 is 5.60 Å². The van der Waals surface area contributed by atoms with Gasteiger partial charge < -0.3 is 10.0 Å². The molecule has 0 aliphatic rings. The van der Waals surface area contributed by atoms with Crippen molar-refractivity contribution in [2.75, 3.05) is 13.1 Å². The molecule has 0 heterocycles. The Hall–Kier alpha value is -1.68. The van der Waals surface area contributed by atoms with E-state index >= 15 is 0 Å². The number of carbonyl (C=O) groups excluding carboxylic acids is 2. The summed E-state index contributed by atoms with van der Waals surface area (Å²) in [6.45, 7) is 6.00. The molecule has 0 unspecified atom stereocenters. The predicted octanol–water partition coefficient (Wildman–Crippen LogP) is 2.27. The largest absolute Gasteiger partial charge is 0.389 e. The molecule has 20 heavy (non-hydrogen) atoms. The SMILES string of the molecule is CCN(CC(C)(C)O)C(=O)CCC(=O)c1ccccc1. The smallest absolute Gasteiger partial charge is 0.223 e. The van der Waals surface area contributed by atoms with Gasteiger partial charge in [-0.15, -0.1) is 0 Å². The average Bonchev–Trinajstić information content (AvgIpc) is 2.41. The first kappa shape index (κ1) is 16.4. The van der Waals surface area contributed by atoms with Gasteiger partial charge in [0.1, 0.15) is 0 Å². The minimum atomic E-state index is -0.922. The van der Waals surface area contributed by atoms with Gasteiger partial charge in [0, 0.05) is 31.5 Å². The van der Waals surface area contributed by atoms with Gasteiger partial charge in [-0.05, 0) is 20.8 Å². The summed E-state index contributed by atoms with van der Waals surface area (Å²) in [7, 11) is 0. The first-order chi connectivity index (χ1) is 9.33. The van der Waals surface area contributed by atoms with Crippen molar-refractivity contribution in [3.05, 3.63) is 35.9 Å². The number of carbonyl (C=O) groups is 2. The van der Waals surface area contributed by atoms with Crippen LogP contribution in [0.2, 0.25) is 0 Å². The summed E-state index contributed by atoms with van der Waals surface area (Å²) in [5.74, 6) is -0.128. The molecular weight excluding hydrogens is 254 g/mol. The summed E-state index contributed by atoms with van der Waals surface area (Å²) < 4.78 is 0. The predicted molar refractivity (Wildman–Crippen MR) is 78.6 cm³/mol. The van der Waals surface area contributed by atoms with E-state index in [0.717, 1.165) is 0 Å². The first-order valence-electron chi connectivity index (χ1n) is 6.92. The highest BCUT2D eigenvalue weighted by molar-refractivity contribution is 5.97. The second-order valence-electron chi connectivity index (χ2n) is 5.51. The van der Waals surface area contributed by atoms with E-state index in [2.05, 4.69) is 0 Å². The molecule has 0 aliphatic heterocycles. The van der Waals surface area contributed by atoms with Crippen molar-refractivity contribution < 1.29 is 14.7 Å². The van der Waals surface area contributed by atoms with Gasteiger partial charge in [-0.2, -0.15) is 0 Å². The molecule has 0 fully saturated rings. The Labute approximate surface area is 120 Å². The Balaban J connectivity index is 2.52. The van der Waals surface area contributed by atoms with Crippen LogP contribution in [0.25, 0.3) is 0 Å². The monoisotopic (exact) mass is 277 g/mol. The van der Waals surface area contributed by atoms with E-state index in [1.165, 1.54) is 0 Å². The van der Waals surface area contributed by atoms with Crippen molar-refractivity contribution in [1.29, 1.82) is 0 Å². The molecule has 0 atom stereocenters. The van der Waals surface area contributed by atoms with Crippen molar-refractivity contribution in [3.8, 4) is 0 Å². The summed E-state index contributed by atoms with van der Waals surface area (Å²) in [6, 6.07) is 8.97. The van der Waals surface area contributed by atoms with E-state index in [-0.39, 0.29) is 31.1 Å². The maximum absolute atomic E-state index is 12.1. The van der Waals surface area contributed by atoms with Gasteiger partial charge in [-0.25, -0.2) is 0 Å². The Kier molecular flexibility index (Phi) is 5.89. The van der Waals surface area contributed by atoms with Gasteiger partial charge in [-0.1, -0.05) is 30.3 Å². The molecule has 0 aliphatic carbocycles. The molecule has 0 spiro atoms. The maximum Gasteiger partial charge on any atom is 0.223 e. The first-order valence-corrected chi connectivity index (χ1v) is 6.92. The number of hydrogen-bond donors (Lipinski definition) is 1. The van der Waals surface area contributed by atoms with Gasteiger partial charge in [-0.3, -0.25) is 9.59 Å². The maximum atomic E-state index is 12.1. The Morgan fingerprint density at radius 3 is 2.25 bits per heavy atom. The molecule has 4 nitrogen and oxygen atoms in total. The molecule has 1 amide bonds. The van der Waals surface area contributed by atoms with Crippen LogP contribution in [0.1, 0.15) is 44.0 Å². The van der Waals surface area contributed by atoms with E-state index in [9.17, 15) is 14.7 Å². The van der Waals surface area contributed by atoms with Gasteiger partial charge in [0.05, 0.1) is 5.60 Å². The second-order valence-corrected chi connectivity index (χ2v) is 5.51. The van der Waals surface area contributed by atoms with Crippen LogP contribution < -0.4 is 0 Å². The lowest BCUT2D eigenvalue weighted by Crippen LogP contribution is -2.42. The molecule has 0 bridgehead atoms. The molecule has 1 N–H and O–H groups in total. The standard InChI is InChI=1S/C16H23NO3/c1-4-17(12-16(2,3)20)15(19)11-10-14(18)13-8-6-5-7-9-13/h5-9,20H,4,10-12H2,1-3H3. The van der Waals surface area contributed by atoms with Crippen LogP contribution in [0.15, 0.2) is 30.3 Å². The molecule has 0 saturated carbocycles. The number of aliphatic hydroxyl groups is 1. The Morgan fingerprint density at radius 1 is 1.15 bits per heavy atom. The number of hydrogen-bond acceptors (Lipinski definition) is 3. The quantitative estimate of drug-likeness (QED) is 0.778. The molecule has 1 aromatic carbocycles. The van der Waals surface area contributed by atoms with E-state index in [1.807, 2.05) is 25.1 Å². The van der Waals surface area contributed by atoms with Crippen molar-refractivity contribution in [2.24, 2.45) is 0 Å². The fraction of sp³-hybridized carbons (Fsp3) is 0.500. The topological polar surface area (TPSA) is 57.6 Å². The highest BCUT2D eigenvalue weighted by Gasteiger charge is 2.21. The number of benzene rings is 1. The third-order valence-corrected chi connectivity index (χ3v) is 2.97. The molecule has 4 heteroatoms. The highest BCUT2D eigenvalue weighted by atomic mass is 16.3. The zero-order valence-electron chi connectivity index (χ0n) is 12.4. The van der Waals surface area contributed by atoms with Crippen LogP contribution in [-0.4, -0.2) is 40.4 Å². The minimum absolute atomic E-state index is 0.0294. The van der Waals surface area contributed by atoms with E-state index in [0.29, 0.717) is 12.1 Å². The summed E-state index contributed by atoms with van der Waals surface area (Å²) in [6.07, 6.45) is 0.378. The third kappa shape index (κ3) is 5.53. The van der Waals surface area contributed by atoms with E-state index in [1.54, 1.807) is 30.9 Å². The van der Waals surface area contributed by atoms with Crippen LogP contribution in [0, 0.1) is 0 Å². The fourth-order valence-corrected chi connectivity index (χ4v) is 1.99.